The number of carbonyl (C=O) groups is 2. The Hall–Kier alpha value is -3.55. The summed E-state index contributed by atoms with van der Waals surface area (Å²) in [6.07, 6.45) is 9.89. The summed E-state index contributed by atoms with van der Waals surface area (Å²) in [6.45, 7) is 0.651. The number of hydrogen-bond acceptors (Lipinski definition) is 8. The van der Waals surface area contributed by atoms with E-state index in [9.17, 15) is 14.9 Å². The maximum Gasteiger partial charge on any atom is 0.407 e. The molecule has 0 saturated heterocycles. The summed E-state index contributed by atoms with van der Waals surface area (Å²) in [5.41, 5.74) is 2.33. The first-order valence-electron chi connectivity index (χ1n) is 10.3. The predicted molar refractivity (Wildman–Crippen MR) is 127 cm³/mol. The lowest BCUT2D eigenvalue weighted by Gasteiger charge is -2.21. The largest absolute Gasteiger partial charge is 0.449 e. The molecule has 3 aromatic heterocycles. The summed E-state index contributed by atoms with van der Waals surface area (Å²) < 4.78 is 5.38. The van der Waals surface area contributed by atoms with E-state index in [0.29, 0.717) is 36.6 Å². The number of rotatable bonds is 7. The first-order chi connectivity index (χ1) is 16.1. The van der Waals surface area contributed by atoms with Gasteiger partial charge in [0.15, 0.2) is 0 Å². The Morgan fingerprint density at radius 3 is 3.03 bits per heavy atom. The van der Waals surface area contributed by atoms with Gasteiger partial charge in [0.25, 0.3) is 0 Å². The molecule has 0 bridgehead atoms. The highest BCUT2D eigenvalue weighted by Gasteiger charge is 2.27. The zero-order valence-corrected chi connectivity index (χ0v) is 19.2. The fourth-order valence-corrected chi connectivity index (χ4v) is 5.41. The molecule has 3 aromatic rings. The highest BCUT2D eigenvalue weighted by Crippen LogP contribution is 2.39. The van der Waals surface area contributed by atoms with Crippen LogP contribution in [0.3, 0.4) is 0 Å². The Labute approximate surface area is 199 Å². The first-order valence-corrected chi connectivity index (χ1v) is 12.0. The number of fused-ring (bicyclic) bond motifs is 1. The highest BCUT2D eigenvalue weighted by atomic mass is 32.1. The second-order valence-corrected chi connectivity index (χ2v) is 9.50. The van der Waals surface area contributed by atoms with Gasteiger partial charge in [-0.2, -0.15) is 5.26 Å². The predicted octanol–water partition coefficient (Wildman–Crippen LogP) is 4.15. The highest BCUT2D eigenvalue weighted by molar-refractivity contribution is 7.16. The zero-order valence-electron chi connectivity index (χ0n) is 17.6. The van der Waals surface area contributed by atoms with E-state index in [2.05, 4.69) is 26.7 Å². The van der Waals surface area contributed by atoms with Crippen molar-refractivity contribution in [1.29, 1.82) is 5.26 Å². The number of nitrogens with zero attached hydrogens (tertiary/aromatic N) is 3. The number of anilines is 1. The van der Waals surface area contributed by atoms with Crippen LogP contribution in [0.4, 0.5) is 9.80 Å². The third-order valence-electron chi connectivity index (χ3n) is 5.14. The van der Waals surface area contributed by atoms with Crippen molar-refractivity contribution in [3.8, 4) is 6.07 Å². The quantitative estimate of drug-likeness (QED) is 0.492. The van der Waals surface area contributed by atoms with Crippen molar-refractivity contribution in [2.75, 3.05) is 11.9 Å². The molecule has 0 spiro atoms. The maximum absolute atomic E-state index is 12.4. The number of amides is 2. The van der Waals surface area contributed by atoms with Gasteiger partial charge in [-0.3, -0.25) is 9.78 Å². The van der Waals surface area contributed by atoms with E-state index in [4.69, 9.17) is 4.74 Å². The monoisotopic (exact) mass is 479 g/mol. The molecular weight excluding hydrogens is 458 g/mol. The van der Waals surface area contributed by atoms with Gasteiger partial charge in [-0.1, -0.05) is 6.07 Å². The summed E-state index contributed by atoms with van der Waals surface area (Å²) in [4.78, 5) is 33.5. The van der Waals surface area contributed by atoms with Gasteiger partial charge in [0.1, 0.15) is 16.1 Å². The lowest BCUT2D eigenvalue weighted by molar-refractivity contribution is -0.111. The van der Waals surface area contributed by atoms with Crippen molar-refractivity contribution in [2.45, 2.75) is 25.8 Å². The molecule has 0 radical (unpaired) electrons. The number of thiazole rings is 1. The Bertz CT molecular complexity index is 1180. The Morgan fingerprint density at radius 1 is 1.36 bits per heavy atom. The van der Waals surface area contributed by atoms with Crippen LogP contribution in [0.2, 0.25) is 0 Å². The molecule has 0 aromatic carbocycles. The normalized spacial score (nSPS) is 14.9. The minimum absolute atomic E-state index is 0.169. The molecule has 3 heterocycles. The van der Waals surface area contributed by atoms with E-state index in [1.165, 1.54) is 28.7 Å². The molecule has 1 aliphatic rings. The lowest BCUT2D eigenvalue weighted by atomic mass is 9.88. The van der Waals surface area contributed by atoms with Crippen LogP contribution in [0.1, 0.15) is 33.0 Å². The van der Waals surface area contributed by atoms with Crippen molar-refractivity contribution in [2.24, 2.45) is 5.92 Å². The number of aromatic nitrogens is 2. The number of nitrogens with one attached hydrogen (secondary N) is 2. The minimum atomic E-state index is -0.465. The number of alkyl carbamates (subject to hydrolysis) is 1. The number of pyridine rings is 1. The smallest absolute Gasteiger partial charge is 0.407 e. The van der Waals surface area contributed by atoms with Crippen molar-refractivity contribution < 1.29 is 14.3 Å². The van der Waals surface area contributed by atoms with Crippen LogP contribution >= 0.6 is 22.7 Å². The molecule has 1 aliphatic carbocycles. The first kappa shape index (κ1) is 22.6. The molecular formula is C23H21N5O3S2. The van der Waals surface area contributed by atoms with Crippen molar-refractivity contribution in [3.63, 3.8) is 0 Å². The van der Waals surface area contributed by atoms with Crippen LogP contribution in [0.15, 0.2) is 42.2 Å². The van der Waals surface area contributed by atoms with Gasteiger partial charge < -0.3 is 15.4 Å². The van der Waals surface area contributed by atoms with E-state index in [-0.39, 0.29) is 11.8 Å². The lowest BCUT2D eigenvalue weighted by Crippen LogP contribution is -2.27. The number of hydrogen-bond donors (Lipinski definition) is 2. The SMILES string of the molecule is N#Cc1c(NC(=O)C=Cc2cccnc2)sc2c1CCC(COC(=O)NCc1nccs1)C2. The number of thiophene rings is 1. The molecule has 0 aliphatic heterocycles. The van der Waals surface area contributed by atoms with Crippen LogP contribution in [0, 0.1) is 17.2 Å². The van der Waals surface area contributed by atoms with E-state index in [1.54, 1.807) is 30.7 Å². The average Bonchev–Trinajstić information content (AvgIpc) is 3.47. The number of ether oxygens (including phenoxy) is 1. The molecule has 2 N–H and O–H groups in total. The molecule has 4 rings (SSSR count). The minimum Gasteiger partial charge on any atom is -0.449 e. The molecule has 0 saturated carbocycles. The van der Waals surface area contributed by atoms with Gasteiger partial charge in [-0.05, 0) is 48.4 Å². The molecule has 1 unspecified atom stereocenters. The van der Waals surface area contributed by atoms with Gasteiger partial charge in [-0.15, -0.1) is 22.7 Å². The Morgan fingerprint density at radius 2 is 2.27 bits per heavy atom. The molecule has 33 heavy (non-hydrogen) atoms. The fraction of sp³-hybridized carbons (Fsp3) is 0.261. The van der Waals surface area contributed by atoms with E-state index >= 15 is 0 Å². The second-order valence-electron chi connectivity index (χ2n) is 7.42. The van der Waals surface area contributed by atoms with Gasteiger partial charge in [0.2, 0.25) is 5.91 Å². The van der Waals surface area contributed by atoms with E-state index in [0.717, 1.165) is 27.4 Å². The average molecular weight is 480 g/mol. The molecule has 2 amide bonds. The van der Waals surface area contributed by atoms with Crippen LogP contribution in [-0.2, 0) is 28.9 Å². The molecule has 1 atom stereocenters. The summed E-state index contributed by atoms with van der Waals surface area (Å²) in [6, 6.07) is 5.88. The fourth-order valence-electron chi connectivity index (χ4n) is 3.54. The van der Waals surface area contributed by atoms with Crippen molar-refractivity contribution >= 4 is 45.8 Å². The molecule has 8 nitrogen and oxygen atoms in total. The summed E-state index contributed by atoms with van der Waals surface area (Å²) in [5.74, 6) is -0.131. The summed E-state index contributed by atoms with van der Waals surface area (Å²) in [7, 11) is 0. The molecule has 0 fully saturated rings. The van der Waals surface area contributed by atoms with Crippen molar-refractivity contribution in [3.05, 3.63) is 68.8 Å². The number of nitriles is 1. The van der Waals surface area contributed by atoms with Gasteiger partial charge in [0, 0.05) is 34.9 Å². The Balaban J connectivity index is 1.32. The van der Waals surface area contributed by atoms with Crippen LogP contribution < -0.4 is 10.6 Å². The molecule has 168 valence electrons. The summed E-state index contributed by atoms with van der Waals surface area (Å²) in [5, 5.41) is 18.4. The topological polar surface area (TPSA) is 117 Å². The van der Waals surface area contributed by atoms with Crippen LogP contribution in [-0.4, -0.2) is 28.6 Å². The third-order valence-corrected chi connectivity index (χ3v) is 7.09. The van der Waals surface area contributed by atoms with Crippen LogP contribution in [0.5, 0.6) is 0 Å². The third kappa shape index (κ3) is 6.03. The van der Waals surface area contributed by atoms with Gasteiger partial charge >= 0.3 is 6.09 Å². The Kier molecular flexibility index (Phi) is 7.44. The summed E-state index contributed by atoms with van der Waals surface area (Å²) >= 11 is 2.89. The zero-order chi connectivity index (χ0) is 23.0. The van der Waals surface area contributed by atoms with Crippen LogP contribution in [0.25, 0.3) is 6.08 Å². The number of carbonyl (C=O) groups excluding carboxylic acids is 2. The standard InChI is InChI=1S/C23H21N5O3S2/c24-11-18-17-5-3-16(14-31-23(30)27-13-21-26-8-9-32-21)10-19(17)33-22(18)28-20(29)6-4-15-2-1-7-25-12-15/h1-2,4,6-9,12,16H,3,5,10,13-14H2,(H,27,30)(H,28,29). The van der Waals surface area contributed by atoms with Crippen molar-refractivity contribution in [1.82, 2.24) is 15.3 Å². The molecule has 10 heteroatoms. The second kappa shape index (κ2) is 10.8. The van der Waals surface area contributed by atoms with E-state index < -0.39 is 6.09 Å². The maximum atomic E-state index is 12.4. The van der Waals surface area contributed by atoms with Gasteiger partial charge in [-0.25, -0.2) is 9.78 Å². The van der Waals surface area contributed by atoms with Gasteiger partial charge in [0.05, 0.1) is 18.7 Å². The van der Waals surface area contributed by atoms with E-state index in [1.807, 2.05) is 11.4 Å².